The van der Waals surface area contributed by atoms with Crippen LogP contribution in [0.15, 0.2) is 23.0 Å². The highest BCUT2D eigenvalue weighted by molar-refractivity contribution is 5.74. The number of methoxy groups -OCH3 is 2. The summed E-state index contributed by atoms with van der Waals surface area (Å²) >= 11 is 0. The number of nitrogens with zero attached hydrogens (tertiary/aromatic N) is 3. The quantitative estimate of drug-likeness (QED) is 0.656. The lowest BCUT2D eigenvalue weighted by Gasteiger charge is -2.18. The van der Waals surface area contributed by atoms with Gasteiger partial charge in [0.2, 0.25) is 0 Å². The molecule has 0 radical (unpaired) electrons. The van der Waals surface area contributed by atoms with Crippen molar-refractivity contribution < 1.29 is 14.3 Å². The number of hydrogen-bond donors (Lipinski definition) is 2. The number of carbonyl (C=O) groups is 1. The van der Waals surface area contributed by atoms with Gasteiger partial charge in [0.25, 0.3) is 0 Å². The first-order valence-electron chi connectivity index (χ1n) is 9.96. The summed E-state index contributed by atoms with van der Waals surface area (Å²) in [5, 5.41) is 10.1. The predicted octanol–water partition coefficient (Wildman–Crippen LogP) is 1.85. The predicted molar refractivity (Wildman–Crippen MR) is 109 cm³/mol. The van der Waals surface area contributed by atoms with Crippen molar-refractivity contribution in [2.45, 2.75) is 51.7 Å². The van der Waals surface area contributed by atoms with Crippen LogP contribution in [0.4, 0.5) is 4.79 Å². The van der Waals surface area contributed by atoms with Crippen molar-refractivity contribution in [1.29, 1.82) is 0 Å². The Hall–Kier alpha value is -2.97. The van der Waals surface area contributed by atoms with Crippen LogP contribution in [-0.4, -0.2) is 41.1 Å². The van der Waals surface area contributed by atoms with Crippen LogP contribution in [0.3, 0.4) is 0 Å². The van der Waals surface area contributed by atoms with Crippen LogP contribution in [0.5, 0.6) is 11.5 Å². The van der Waals surface area contributed by atoms with Crippen molar-refractivity contribution in [3.63, 3.8) is 0 Å². The fraction of sp³-hybridized carbons (Fsp3) is 0.550. The Bertz CT molecular complexity index is 905. The molecule has 1 aliphatic heterocycles. The van der Waals surface area contributed by atoms with E-state index in [0.29, 0.717) is 31.0 Å². The lowest BCUT2D eigenvalue weighted by Crippen LogP contribution is -2.38. The Labute approximate surface area is 170 Å². The van der Waals surface area contributed by atoms with Gasteiger partial charge in [-0.2, -0.15) is 5.10 Å². The molecule has 0 saturated heterocycles. The molecule has 158 valence electrons. The van der Waals surface area contributed by atoms with Crippen molar-refractivity contribution >= 4 is 6.03 Å². The first kappa shape index (κ1) is 20.8. The third kappa shape index (κ3) is 4.90. The van der Waals surface area contributed by atoms with E-state index in [4.69, 9.17) is 9.47 Å². The highest BCUT2D eigenvalue weighted by atomic mass is 16.5. The molecule has 2 heterocycles. The molecule has 0 aliphatic carbocycles. The summed E-state index contributed by atoms with van der Waals surface area (Å²) in [4.78, 5) is 24.5. The van der Waals surface area contributed by atoms with Gasteiger partial charge < -0.3 is 20.1 Å². The SMILES string of the molecule is COc1ccc(OC)c([C@H](C)NC(=O)NCCCn2nc3n(c2=O)CCCC3)c1. The fourth-order valence-electron chi connectivity index (χ4n) is 3.53. The highest BCUT2D eigenvalue weighted by Crippen LogP contribution is 2.29. The van der Waals surface area contributed by atoms with Crippen molar-refractivity contribution in [1.82, 2.24) is 25.0 Å². The molecule has 0 fully saturated rings. The second-order valence-electron chi connectivity index (χ2n) is 7.11. The summed E-state index contributed by atoms with van der Waals surface area (Å²) in [5.41, 5.74) is 0.778. The van der Waals surface area contributed by atoms with Gasteiger partial charge in [-0.15, -0.1) is 0 Å². The number of rotatable bonds is 8. The maximum Gasteiger partial charge on any atom is 0.345 e. The minimum Gasteiger partial charge on any atom is -0.497 e. The molecule has 3 rings (SSSR count). The van der Waals surface area contributed by atoms with E-state index in [1.165, 1.54) is 4.68 Å². The molecule has 1 aromatic carbocycles. The zero-order valence-corrected chi connectivity index (χ0v) is 17.2. The zero-order valence-electron chi connectivity index (χ0n) is 17.2. The summed E-state index contributed by atoms with van der Waals surface area (Å²) in [6, 6.07) is 4.93. The number of fused-ring (bicyclic) bond motifs is 1. The lowest BCUT2D eigenvalue weighted by molar-refractivity contribution is 0.237. The van der Waals surface area contributed by atoms with Crippen LogP contribution in [0.25, 0.3) is 0 Å². The van der Waals surface area contributed by atoms with Crippen LogP contribution in [0, 0.1) is 0 Å². The summed E-state index contributed by atoms with van der Waals surface area (Å²) in [5.74, 6) is 2.25. The van der Waals surface area contributed by atoms with Crippen LogP contribution in [0.2, 0.25) is 0 Å². The van der Waals surface area contributed by atoms with Gasteiger partial charge in [0.1, 0.15) is 17.3 Å². The van der Waals surface area contributed by atoms with Crippen molar-refractivity contribution in [2.24, 2.45) is 0 Å². The molecule has 0 unspecified atom stereocenters. The number of aryl methyl sites for hydroxylation is 2. The van der Waals surface area contributed by atoms with Gasteiger partial charge in [0, 0.05) is 31.6 Å². The standard InChI is InChI=1S/C20H29N5O4/c1-14(16-13-15(28-2)8-9-17(16)29-3)22-19(26)21-10-6-12-25-20(27)24-11-5-4-7-18(24)23-25/h8-9,13-14H,4-7,10-12H2,1-3H3,(H2,21,22,26)/t14-/m0/s1. The Morgan fingerprint density at radius 1 is 1.28 bits per heavy atom. The molecule has 2 aromatic rings. The maximum absolute atomic E-state index is 12.3. The molecule has 1 atom stereocenters. The molecule has 1 aliphatic rings. The Kier molecular flexibility index (Phi) is 6.79. The van der Waals surface area contributed by atoms with Gasteiger partial charge in [-0.05, 0) is 44.4 Å². The first-order valence-corrected chi connectivity index (χ1v) is 9.96. The normalized spacial score (nSPS) is 14.0. The fourth-order valence-corrected chi connectivity index (χ4v) is 3.53. The lowest BCUT2D eigenvalue weighted by atomic mass is 10.1. The van der Waals surface area contributed by atoms with E-state index in [1.54, 1.807) is 18.8 Å². The van der Waals surface area contributed by atoms with Gasteiger partial charge in [-0.3, -0.25) is 4.57 Å². The van der Waals surface area contributed by atoms with Crippen molar-refractivity contribution in [3.8, 4) is 11.5 Å². The number of nitrogens with one attached hydrogen (secondary N) is 2. The van der Waals surface area contributed by atoms with E-state index >= 15 is 0 Å². The van der Waals surface area contributed by atoms with Gasteiger partial charge in [0.05, 0.1) is 20.3 Å². The number of aromatic nitrogens is 3. The van der Waals surface area contributed by atoms with Crippen molar-refractivity contribution in [2.75, 3.05) is 20.8 Å². The molecule has 9 heteroatoms. The highest BCUT2D eigenvalue weighted by Gasteiger charge is 2.17. The van der Waals surface area contributed by atoms with Crippen LogP contribution >= 0.6 is 0 Å². The molecule has 0 spiro atoms. The maximum atomic E-state index is 12.3. The number of benzene rings is 1. The first-order chi connectivity index (χ1) is 14.0. The van der Waals surface area contributed by atoms with E-state index in [1.807, 2.05) is 25.1 Å². The molecule has 2 N–H and O–H groups in total. The van der Waals surface area contributed by atoms with E-state index in [0.717, 1.165) is 37.2 Å². The molecular weight excluding hydrogens is 374 g/mol. The molecule has 29 heavy (non-hydrogen) atoms. The third-order valence-electron chi connectivity index (χ3n) is 5.11. The number of amides is 2. The smallest absolute Gasteiger partial charge is 0.345 e. The van der Waals surface area contributed by atoms with Crippen LogP contribution in [-0.2, 0) is 19.5 Å². The average molecular weight is 403 g/mol. The second kappa shape index (κ2) is 9.49. The second-order valence-corrected chi connectivity index (χ2v) is 7.11. The van der Waals surface area contributed by atoms with E-state index in [9.17, 15) is 9.59 Å². The molecule has 9 nitrogen and oxygen atoms in total. The van der Waals surface area contributed by atoms with E-state index in [2.05, 4.69) is 15.7 Å². The molecule has 2 amide bonds. The zero-order chi connectivity index (χ0) is 20.8. The van der Waals surface area contributed by atoms with E-state index in [-0.39, 0.29) is 17.8 Å². The monoisotopic (exact) mass is 403 g/mol. The largest absolute Gasteiger partial charge is 0.497 e. The third-order valence-corrected chi connectivity index (χ3v) is 5.11. The van der Waals surface area contributed by atoms with Gasteiger partial charge in [-0.25, -0.2) is 14.3 Å². The number of carbonyl (C=O) groups excluding carboxylic acids is 1. The van der Waals surface area contributed by atoms with Gasteiger partial charge in [0.15, 0.2) is 0 Å². The molecule has 0 saturated carbocycles. The van der Waals surface area contributed by atoms with Crippen LogP contribution < -0.4 is 25.8 Å². The molecule has 0 bridgehead atoms. The summed E-state index contributed by atoms with van der Waals surface area (Å²) in [6.45, 7) is 3.56. The minimum absolute atomic E-state index is 0.0529. The summed E-state index contributed by atoms with van der Waals surface area (Å²) < 4.78 is 13.9. The number of hydrogen-bond acceptors (Lipinski definition) is 5. The van der Waals surface area contributed by atoms with E-state index < -0.39 is 0 Å². The molecular formula is C20H29N5O4. The number of ether oxygens (including phenoxy) is 2. The number of urea groups is 1. The Morgan fingerprint density at radius 2 is 2.10 bits per heavy atom. The summed E-state index contributed by atoms with van der Waals surface area (Å²) in [6.07, 6.45) is 3.58. The van der Waals surface area contributed by atoms with Gasteiger partial charge >= 0.3 is 11.7 Å². The topological polar surface area (TPSA) is 99.4 Å². The Morgan fingerprint density at radius 3 is 2.83 bits per heavy atom. The van der Waals surface area contributed by atoms with Crippen LogP contribution in [0.1, 0.15) is 43.6 Å². The van der Waals surface area contributed by atoms with Crippen molar-refractivity contribution in [3.05, 3.63) is 40.1 Å². The summed E-state index contributed by atoms with van der Waals surface area (Å²) in [7, 11) is 3.19. The van der Waals surface area contributed by atoms with Gasteiger partial charge in [-0.1, -0.05) is 0 Å². The minimum atomic E-state index is -0.279. The molecule has 1 aromatic heterocycles. The average Bonchev–Trinajstić information content (AvgIpc) is 3.06. The Balaban J connectivity index is 1.48.